The van der Waals surface area contributed by atoms with Gasteiger partial charge in [-0.2, -0.15) is 16.5 Å². The van der Waals surface area contributed by atoms with Gasteiger partial charge in [0, 0.05) is 11.6 Å². The van der Waals surface area contributed by atoms with Crippen molar-refractivity contribution in [3.8, 4) is 0 Å². The van der Waals surface area contributed by atoms with Crippen LogP contribution < -0.4 is 10.0 Å². The summed E-state index contributed by atoms with van der Waals surface area (Å²) in [6, 6.07) is 14.3. The van der Waals surface area contributed by atoms with Crippen molar-refractivity contribution >= 4 is 39.3 Å². The monoisotopic (exact) mass is 412 g/mol. The molecule has 2 rings (SSSR count). The van der Waals surface area contributed by atoms with Gasteiger partial charge in [-0.1, -0.05) is 41.9 Å². The average molecular weight is 413 g/mol. The molecule has 0 spiro atoms. The molecule has 0 unspecified atom stereocenters. The third-order valence-corrected chi connectivity index (χ3v) is 6.04. The van der Waals surface area contributed by atoms with Gasteiger partial charge in [-0.05, 0) is 48.3 Å². The molecule has 2 aromatic rings. The molecule has 0 bridgehead atoms. The lowest BCUT2D eigenvalue weighted by Crippen LogP contribution is -2.46. The maximum absolute atomic E-state index is 12.5. The quantitative estimate of drug-likeness (QED) is 0.663. The molecule has 0 saturated carbocycles. The summed E-state index contributed by atoms with van der Waals surface area (Å²) in [5.74, 6) is 0.310. The Morgan fingerprint density at radius 3 is 2.38 bits per heavy atom. The highest BCUT2D eigenvalue weighted by Crippen LogP contribution is 2.12. The van der Waals surface area contributed by atoms with E-state index in [1.54, 1.807) is 42.1 Å². The predicted molar refractivity (Wildman–Crippen MR) is 107 cm³/mol. The van der Waals surface area contributed by atoms with Crippen molar-refractivity contribution in [2.75, 3.05) is 12.0 Å². The lowest BCUT2D eigenvalue weighted by molar-refractivity contribution is -0.122. The van der Waals surface area contributed by atoms with E-state index in [0.717, 1.165) is 5.56 Å². The molecule has 0 saturated heterocycles. The van der Waals surface area contributed by atoms with E-state index in [4.69, 9.17) is 11.6 Å². The van der Waals surface area contributed by atoms with Crippen LogP contribution in [0.15, 0.2) is 59.5 Å². The fourth-order valence-corrected chi connectivity index (χ4v) is 4.10. The Hall–Kier alpha value is -1.54. The lowest BCUT2D eigenvalue weighted by Gasteiger charge is -2.18. The minimum atomic E-state index is -3.76. The first kappa shape index (κ1) is 20.8. The van der Waals surface area contributed by atoms with Crippen LogP contribution in [0.4, 0.5) is 0 Å². The molecule has 0 aliphatic carbocycles. The highest BCUT2D eigenvalue weighted by atomic mass is 35.5. The van der Waals surface area contributed by atoms with Crippen molar-refractivity contribution < 1.29 is 13.2 Å². The van der Waals surface area contributed by atoms with Crippen molar-refractivity contribution in [1.29, 1.82) is 0 Å². The van der Waals surface area contributed by atoms with Crippen molar-refractivity contribution in [1.82, 2.24) is 10.0 Å². The number of carbonyl (C=O) groups excluding carboxylic acids is 1. The van der Waals surface area contributed by atoms with Crippen LogP contribution in [0.1, 0.15) is 12.0 Å². The molecular weight excluding hydrogens is 392 g/mol. The highest BCUT2D eigenvalue weighted by molar-refractivity contribution is 7.98. The molecular formula is C18H21ClN2O3S2. The van der Waals surface area contributed by atoms with E-state index in [-0.39, 0.29) is 10.8 Å². The third-order valence-electron chi connectivity index (χ3n) is 3.66. The fraction of sp³-hybridized carbons (Fsp3) is 0.278. The molecule has 1 atom stereocenters. The van der Waals surface area contributed by atoms with Crippen LogP contribution in [-0.4, -0.2) is 32.4 Å². The number of halogens is 1. The number of rotatable bonds is 9. The molecule has 0 aliphatic rings. The number of amides is 1. The molecule has 0 heterocycles. The van der Waals surface area contributed by atoms with Gasteiger partial charge in [0.25, 0.3) is 0 Å². The molecule has 2 N–H and O–H groups in total. The standard InChI is InChI=1S/C18H21ClN2O3S2/c1-25-12-11-17(21-26(23,24)16-5-3-2-4-6-16)18(22)20-13-14-7-9-15(19)10-8-14/h2-10,17,21H,11-13H2,1H3,(H,20,22)/t17-/m0/s1. The first-order valence-corrected chi connectivity index (χ1v) is 11.3. The highest BCUT2D eigenvalue weighted by Gasteiger charge is 2.25. The van der Waals surface area contributed by atoms with Crippen molar-refractivity contribution in [3.63, 3.8) is 0 Å². The number of benzene rings is 2. The molecule has 26 heavy (non-hydrogen) atoms. The van der Waals surface area contributed by atoms with Gasteiger partial charge >= 0.3 is 0 Å². The Balaban J connectivity index is 2.05. The van der Waals surface area contributed by atoms with E-state index in [2.05, 4.69) is 10.0 Å². The zero-order valence-corrected chi connectivity index (χ0v) is 16.7. The number of nitrogens with one attached hydrogen (secondary N) is 2. The number of carbonyl (C=O) groups is 1. The van der Waals surface area contributed by atoms with Gasteiger partial charge in [-0.15, -0.1) is 0 Å². The summed E-state index contributed by atoms with van der Waals surface area (Å²) in [7, 11) is -3.76. The van der Waals surface area contributed by atoms with Gasteiger partial charge in [-0.25, -0.2) is 8.42 Å². The van der Waals surface area contributed by atoms with Gasteiger partial charge in [0.15, 0.2) is 0 Å². The summed E-state index contributed by atoms with van der Waals surface area (Å²) in [5.41, 5.74) is 0.886. The second-order valence-electron chi connectivity index (χ2n) is 5.61. The first-order chi connectivity index (χ1) is 12.4. The van der Waals surface area contributed by atoms with E-state index in [0.29, 0.717) is 23.7 Å². The van der Waals surface area contributed by atoms with Gasteiger partial charge < -0.3 is 5.32 Å². The van der Waals surface area contributed by atoms with E-state index in [1.807, 2.05) is 18.4 Å². The first-order valence-electron chi connectivity index (χ1n) is 8.01. The molecule has 2 aromatic carbocycles. The van der Waals surface area contributed by atoms with E-state index in [1.165, 1.54) is 12.1 Å². The van der Waals surface area contributed by atoms with Crippen LogP contribution in [0.25, 0.3) is 0 Å². The lowest BCUT2D eigenvalue weighted by atomic mass is 10.2. The number of hydrogen-bond acceptors (Lipinski definition) is 4. The second kappa shape index (κ2) is 9.97. The normalized spacial score (nSPS) is 12.5. The van der Waals surface area contributed by atoms with Gasteiger partial charge in [0.05, 0.1) is 4.90 Å². The summed E-state index contributed by atoms with van der Waals surface area (Å²) in [4.78, 5) is 12.7. The Morgan fingerprint density at radius 2 is 1.77 bits per heavy atom. The van der Waals surface area contributed by atoms with E-state index >= 15 is 0 Å². The molecule has 140 valence electrons. The minimum Gasteiger partial charge on any atom is -0.351 e. The van der Waals surface area contributed by atoms with Crippen molar-refractivity contribution in [3.05, 3.63) is 65.2 Å². The number of thioether (sulfide) groups is 1. The second-order valence-corrected chi connectivity index (χ2v) is 8.75. The summed E-state index contributed by atoms with van der Waals surface area (Å²) in [6.45, 7) is 0.304. The van der Waals surface area contributed by atoms with Gasteiger partial charge in [0.2, 0.25) is 15.9 Å². The van der Waals surface area contributed by atoms with Crippen LogP contribution in [-0.2, 0) is 21.4 Å². The Bertz CT molecular complexity index is 812. The van der Waals surface area contributed by atoms with Crippen LogP contribution >= 0.6 is 23.4 Å². The van der Waals surface area contributed by atoms with Crippen LogP contribution in [0.2, 0.25) is 5.02 Å². The predicted octanol–water partition coefficient (Wildman–Crippen LogP) is 3.06. The minimum absolute atomic E-state index is 0.139. The number of sulfonamides is 1. The summed E-state index contributed by atoms with van der Waals surface area (Å²) >= 11 is 7.40. The van der Waals surface area contributed by atoms with Gasteiger partial charge in [0.1, 0.15) is 6.04 Å². The molecule has 8 heteroatoms. The zero-order chi connectivity index (χ0) is 19.0. The van der Waals surface area contributed by atoms with Crippen molar-refractivity contribution in [2.24, 2.45) is 0 Å². The SMILES string of the molecule is CSCC[C@H](NS(=O)(=O)c1ccccc1)C(=O)NCc1ccc(Cl)cc1. The number of hydrogen-bond donors (Lipinski definition) is 2. The maximum atomic E-state index is 12.5. The Labute approximate surface area is 163 Å². The van der Waals surface area contributed by atoms with Crippen molar-refractivity contribution in [2.45, 2.75) is 23.9 Å². The Morgan fingerprint density at radius 1 is 1.12 bits per heavy atom. The summed E-state index contributed by atoms with van der Waals surface area (Å²) < 4.78 is 27.5. The Kier molecular flexibility index (Phi) is 7.96. The average Bonchev–Trinajstić information content (AvgIpc) is 2.65. The van der Waals surface area contributed by atoms with Crippen LogP contribution in [0, 0.1) is 0 Å². The third kappa shape index (κ3) is 6.32. The summed E-state index contributed by atoms with van der Waals surface area (Å²) in [6.07, 6.45) is 2.31. The molecule has 0 aromatic heterocycles. The molecule has 5 nitrogen and oxygen atoms in total. The topological polar surface area (TPSA) is 75.3 Å². The van der Waals surface area contributed by atoms with E-state index < -0.39 is 16.1 Å². The molecule has 0 fully saturated rings. The zero-order valence-electron chi connectivity index (χ0n) is 14.3. The smallest absolute Gasteiger partial charge is 0.241 e. The van der Waals surface area contributed by atoms with Gasteiger partial charge in [-0.3, -0.25) is 4.79 Å². The molecule has 1 amide bonds. The van der Waals surface area contributed by atoms with Crippen LogP contribution in [0.3, 0.4) is 0 Å². The van der Waals surface area contributed by atoms with Crippen LogP contribution in [0.5, 0.6) is 0 Å². The molecule has 0 radical (unpaired) electrons. The maximum Gasteiger partial charge on any atom is 0.241 e. The molecule has 0 aliphatic heterocycles. The van der Waals surface area contributed by atoms with E-state index in [9.17, 15) is 13.2 Å². The fourth-order valence-electron chi connectivity index (χ4n) is 2.25. The largest absolute Gasteiger partial charge is 0.351 e. The summed E-state index contributed by atoms with van der Waals surface area (Å²) in [5, 5.41) is 3.40.